The Morgan fingerprint density at radius 2 is 1.32 bits per heavy atom. The number of hydrogen-bond donors (Lipinski definition) is 1. The second-order valence-corrected chi connectivity index (χ2v) is 6.27. The summed E-state index contributed by atoms with van der Waals surface area (Å²) >= 11 is 0. The van der Waals surface area contributed by atoms with Gasteiger partial charge in [0.1, 0.15) is 0 Å². The third kappa shape index (κ3) is 4.14. The fourth-order valence-corrected chi connectivity index (χ4v) is 2.75. The molecule has 0 aliphatic heterocycles. The minimum Gasteiger partial charge on any atom is -0.353 e. The highest BCUT2D eigenvalue weighted by atomic mass is 16.6. The molecule has 0 spiro atoms. The van der Waals surface area contributed by atoms with Crippen LogP contribution in [0.2, 0.25) is 0 Å². The number of carbonyl (C=O) groups excluding carboxylic acids is 2. The third-order valence-corrected chi connectivity index (χ3v) is 4.35. The molecular weight excluding hydrogens is 352 g/mol. The van der Waals surface area contributed by atoms with Crippen LogP contribution in [0.4, 0.5) is 0 Å². The van der Waals surface area contributed by atoms with Gasteiger partial charge in [-0.3, -0.25) is 9.59 Å². The molecule has 0 aromatic heterocycles. The summed E-state index contributed by atoms with van der Waals surface area (Å²) in [6.07, 6.45) is 1.64. The van der Waals surface area contributed by atoms with Crippen molar-refractivity contribution in [2.24, 2.45) is 0 Å². The van der Waals surface area contributed by atoms with Gasteiger partial charge in [0, 0.05) is 11.1 Å². The second-order valence-electron chi connectivity index (χ2n) is 6.27. The van der Waals surface area contributed by atoms with Crippen molar-refractivity contribution in [2.75, 3.05) is 0 Å². The molecule has 4 heteroatoms. The monoisotopic (exact) mass is 372 g/mol. The Morgan fingerprint density at radius 1 is 0.821 bits per heavy atom. The molecule has 28 heavy (non-hydrogen) atoms. The highest BCUT2D eigenvalue weighted by Gasteiger charge is 2.46. The lowest BCUT2D eigenvalue weighted by atomic mass is 9.94. The maximum atomic E-state index is 13.1. The fraction of sp³-hybridized carbons (Fsp3) is 0.0833. The van der Waals surface area contributed by atoms with Crippen LogP contribution < -0.4 is 0 Å². The summed E-state index contributed by atoms with van der Waals surface area (Å²) in [7, 11) is 0. The molecule has 3 rings (SSSR count). The van der Waals surface area contributed by atoms with Crippen LogP contribution in [0.3, 0.4) is 0 Å². The first-order chi connectivity index (χ1) is 13.5. The van der Waals surface area contributed by atoms with Gasteiger partial charge >= 0.3 is 0 Å². The van der Waals surface area contributed by atoms with Crippen LogP contribution in [-0.4, -0.2) is 22.5 Å². The summed E-state index contributed by atoms with van der Waals surface area (Å²) in [5.41, 5.74) is 1.91. The van der Waals surface area contributed by atoms with Crippen molar-refractivity contribution in [2.45, 2.75) is 12.4 Å². The first-order valence-corrected chi connectivity index (χ1v) is 8.82. The Labute approximate surface area is 163 Å². The molecule has 1 N–H and O–H groups in total. The van der Waals surface area contributed by atoms with E-state index in [1.54, 1.807) is 48.5 Å². The number of ketones is 2. The van der Waals surface area contributed by atoms with Crippen LogP contribution in [0.15, 0.2) is 91.5 Å². The minimum absolute atomic E-state index is 0.0909. The summed E-state index contributed by atoms with van der Waals surface area (Å²) in [4.78, 5) is 26.1. The van der Waals surface area contributed by atoms with Crippen molar-refractivity contribution < 1.29 is 19.4 Å². The Kier molecular flexibility index (Phi) is 5.94. The number of ether oxygens (including phenoxy) is 1. The number of carbonyl (C=O) groups is 2. The lowest BCUT2D eigenvalue weighted by Crippen LogP contribution is -2.49. The van der Waals surface area contributed by atoms with E-state index in [1.165, 1.54) is 24.3 Å². The Hall–Kier alpha value is -3.34. The van der Waals surface area contributed by atoms with Crippen molar-refractivity contribution >= 4 is 17.6 Å². The zero-order valence-electron chi connectivity index (χ0n) is 15.2. The van der Waals surface area contributed by atoms with Crippen molar-refractivity contribution in [3.8, 4) is 0 Å². The smallest absolute Gasteiger partial charge is 0.297 e. The molecule has 0 fully saturated rings. The molecule has 140 valence electrons. The van der Waals surface area contributed by atoms with E-state index in [4.69, 9.17) is 4.74 Å². The molecule has 4 nitrogen and oxygen atoms in total. The van der Waals surface area contributed by atoms with Gasteiger partial charge in [-0.15, -0.1) is 0 Å². The van der Waals surface area contributed by atoms with E-state index < -0.39 is 17.4 Å². The van der Waals surface area contributed by atoms with Gasteiger partial charge in [0.05, 0.1) is 6.61 Å². The molecule has 0 radical (unpaired) electrons. The number of benzene rings is 3. The molecule has 0 heterocycles. The number of hydrogen-bond acceptors (Lipinski definition) is 4. The van der Waals surface area contributed by atoms with Crippen LogP contribution in [0.5, 0.6) is 0 Å². The van der Waals surface area contributed by atoms with Gasteiger partial charge in [-0.2, -0.15) is 0 Å². The summed E-state index contributed by atoms with van der Waals surface area (Å²) in [5, 5.41) is 11.1. The molecule has 0 bridgehead atoms. The zero-order chi connectivity index (χ0) is 20.0. The van der Waals surface area contributed by atoms with E-state index in [9.17, 15) is 14.7 Å². The van der Waals surface area contributed by atoms with Crippen molar-refractivity contribution in [3.63, 3.8) is 0 Å². The van der Waals surface area contributed by atoms with E-state index in [1.807, 2.05) is 18.2 Å². The van der Waals surface area contributed by atoms with Crippen LogP contribution in [0, 0.1) is 0 Å². The number of aliphatic hydroxyl groups is 1. The maximum absolute atomic E-state index is 13.1. The molecule has 3 aromatic carbocycles. The Morgan fingerprint density at radius 3 is 1.86 bits per heavy atom. The van der Waals surface area contributed by atoms with Crippen molar-refractivity contribution in [1.82, 2.24) is 0 Å². The molecule has 0 saturated carbocycles. The topological polar surface area (TPSA) is 63.6 Å². The van der Waals surface area contributed by atoms with E-state index in [0.29, 0.717) is 0 Å². The predicted molar refractivity (Wildman–Crippen MR) is 108 cm³/mol. The largest absolute Gasteiger partial charge is 0.353 e. The van der Waals surface area contributed by atoms with Gasteiger partial charge in [-0.05, 0) is 11.1 Å². The van der Waals surface area contributed by atoms with Gasteiger partial charge in [0.15, 0.2) is 0 Å². The predicted octanol–water partition coefficient (Wildman–Crippen LogP) is 4.30. The molecule has 1 unspecified atom stereocenters. The highest BCUT2D eigenvalue weighted by Crippen LogP contribution is 2.23. The summed E-state index contributed by atoms with van der Waals surface area (Å²) in [6.45, 7) is 3.58. The standard InChI is InChI=1S/C24H20O4/c1-2-18-13-15-21(16-14-18)23(26)24(27,22(25)20-11-7-4-8-12-20)28-17-19-9-5-3-6-10-19/h2-16,27H,1,17H2. The second kappa shape index (κ2) is 8.57. The van der Waals surface area contributed by atoms with E-state index in [2.05, 4.69) is 6.58 Å². The molecule has 1 atom stereocenters. The maximum Gasteiger partial charge on any atom is 0.297 e. The Balaban J connectivity index is 1.95. The average molecular weight is 372 g/mol. The third-order valence-electron chi connectivity index (χ3n) is 4.35. The van der Waals surface area contributed by atoms with Gasteiger partial charge in [-0.1, -0.05) is 97.6 Å². The summed E-state index contributed by atoms with van der Waals surface area (Å²) < 4.78 is 5.54. The first kappa shape index (κ1) is 19.4. The van der Waals surface area contributed by atoms with Crippen molar-refractivity contribution in [3.05, 3.63) is 114 Å². The average Bonchev–Trinajstić information content (AvgIpc) is 2.77. The SMILES string of the molecule is C=Cc1ccc(C(=O)C(O)(OCc2ccccc2)C(=O)c2ccccc2)cc1. The Bertz CT molecular complexity index is 963. The first-order valence-electron chi connectivity index (χ1n) is 8.82. The summed E-state index contributed by atoms with van der Waals surface area (Å²) in [5.74, 6) is -4.25. The van der Waals surface area contributed by atoms with Crippen LogP contribution in [-0.2, 0) is 11.3 Å². The zero-order valence-corrected chi connectivity index (χ0v) is 15.2. The molecular formula is C24H20O4. The van der Waals surface area contributed by atoms with Gasteiger partial charge < -0.3 is 9.84 Å². The minimum atomic E-state index is -2.63. The molecule has 0 aliphatic carbocycles. The highest BCUT2D eigenvalue weighted by molar-refractivity contribution is 6.21. The number of Topliss-reactive ketones (excluding diaryl/α,β-unsaturated/α-hetero) is 2. The van der Waals surface area contributed by atoms with Crippen LogP contribution in [0.1, 0.15) is 31.8 Å². The van der Waals surface area contributed by atoms with Crippen LogP contribution >= 0.6 is 0 Å². The van der Waals surface area contributed by atoms with Crippen LogP contribution in [0.25, 0.3) is 6.08 Å². The molecule has 0 saturated heterocycles. The van der Waals surface area contributed by atoms with E-state index in [-0.39, 0.29) is 17.7 Å². The van der Waals surface area contributed by atoms with E-state index >= 15 is 0 Å². The molecule has 3 aromatic rings. The fourth-order valence-electron chi connectivity index (χ4n) is 2.75. The van der Waals surface area contributed by atoms with Gasteiger partial charge in [-0.25, -0.2) is 0 Å². The quantitative estimate of drug-likeness (QED) is 0.364. The van der Waals surface area contributed by atoms with E-state index in [0.717, 1.165) is 11.1 Å². The summed E-state index contributed by atoms with van der Waals surface area (Å²) in [6, 6.07) is 23.6. The van der Waals surface area contributed by atoms with Crippen molar-refractivity contribution in [1.29, 1.82) is 0 Å². The number of rotatable bonds is 8. The van der Waals surface area contributed by atoms with Gasteiger partial charge in [0.2, 0.25) is 11.6 Å². The normalized spacial score (nSPS) is 12.8. The lowest BCUT2D eigenvalue weighted by Gasteiger charge is -2.25. The van der Waals surface area contributed by atoms with Gasteiger partial charge in [0.25, 0.3) is 5.79 Å². The molecule has 0 amide bonds. The molecule has 0 aliphatic rings. The lowest BCUT2D eigenvalue weighted by molar-refractivity contribution is -0.140.